The molecule has 0 radical (unpaired) electrons. The molecule has 3 rings (SSSR count). The van der Waals surface area contributed by atoms with Crippen LogP contribution in [0.5, 0.6) is 0 Å². The quantitative estimate of drug-likeness (QED) is 0.641. The van der Waals surface area contributed by atoms with Crippen LogP contribution in [0.1, 0.15) is 5.69 Å². The summed E-state index contributed by atoms with van der Waals surface area (Å²) in [6, 6.07) is 13.4. The van der Waals surface area contributed by atoms with Crippen molar-refractivity contribution in [1.82, 2.24) is 9.13 Å². The van der Waals surface area contributed by atoms with Gasteiger partial charge < -0.3 is 10.2 Å². The molecule has 1 N–H and O–H groups in total. The molecule has 0 aliphatic carbocycles. The molecule has 0 saturated carbocycles. The van der Waals surface area contributed by atoms with Crippen molar-refractivity contribution >= 4 is 28.1 Å². The van der Waals surface area contributed by atoms with Crippen molar-refractivity contribution in [2.75, 3.05) is 16.8 Å². The van der Waals surface area contributed by atoms with Gasteiger partial charge in [-0.05, 0) is 24.5 Å². The van der Waals surface area contributed by atoms with Crippen LogP contribution in [-0.4, -0.2) is 21.6 Å². The lowest BCUT2D eigenvalue weighted by molar-refractivity contribution is -0.114. The van der Waals surface area contributed by atoms with Gasteiger partial charge in [-0.25, -0.2) is 4.79 Å². The van der Waals surface area contributed by atoms with E-state index in [0.717, 1.165) is 15.3 Å². The van der Waals surface area contributed by atoms with Crippen LogP contribution in [0.3, 0.4) is 0 Å². The van der Waals surface area contributed by atoms with Crippen molar-refractivity contribution in [2.24, 2.45) is 14.1 Å². The molecule has 1 heterocycles. The zero-order valence-corrected chi connectivity index (χ0v) is 17.3. The summed E-state index contributed by atoms with van der Waals surface area (Å²) in [4.78, 5) is 39.4. The van der Waals surface area contributed by atoms with E-state index in [1.165, 1.54) is 16.5 Å². The molecule has 0 aliphatic rings. The number of carbonyl (C=O) groups excluding carboxylic acids is 1. The number of aromatic nitrogens is 2. The van der Waals surface area contributed by atoms with Gasteiger partial charge in [0.2, 0.25) is 5.91 Å². The van der Waals surface area contributed by atoms with Crippen molar-refractivity contribution in [3.05, 3.63) is 93.9 Å². The Labute approximate surface area is 174 Å². The number of hydrogen-bond acceptors (Lipinski definition) is 4. The van der Waals surface area contributed by atoms with Gasteiger partial charge in [-0.1, -0.05) is 49.1 Å². The zero-order chi connectivity index (χ0) is 21.8. The predicted molar refractivity (Wildman–Crippen MR) is 121 cm³/mol. The number of amides is 1. The van der Waals surface area contributed by atoms with Gasteiger partial charge in [0.25, 0.3) is 5.56 Å². The number of allylic oxidation sites excluding steroid dienone is 2. The summed E-state index contributed by atoms with van der Waals surface area (Å²) in [7, 11) is 3.01. The minimum absolute atomic E-state index is 0.109. The largest absolute Gasteiger partial charge is 0.333 e. The Morgan fingerprint density at radius 1 is 1.10 bits per heavy atom. The van der Waals surface area contributed by atoms with Gasteiger partial charge in [-0.15, -0.1) is 0 Å². The summed E-state index contributed by atoms with van der Waals surface area (Å²) >= 11 is 0. The molecule has 0 saturated heterocycles. The van der Waals surface area contributed by atoms with Crippen LogP contribution in [0.25, 0.3) is 10.8 Å². The number of anilines is 2. The molecule has 3 aromatic rings. The number of nitrogens with zero attached hydrogens (tertiary/aromatic N) is 3. The average molecular weight is 404 g/mol. The van der Waals surface area contributed by atoms with E-state index < -0.39 is 11.2 Å². The van der Waals surface area contributed by atoms with Gasteiger partial charge in [0.05, 0.1) is 0 Å². The number of carbonyl (C=O) groups is 1. The lowest BCUT2D eigenvalue weighted by Crippen LogP contribution is -2.43. The standard InChI is InChI=1S/C23H24N4O3/c1-5-6-14-27(21-16(2)25(3)23(30)26(4)22(21)29)15-20(28)24-19-13-9-11-17-10-7-8-12-18(17)19/h5-14H,1,15H2,2-4H3,(H,24,28)/b14-6+. The first kappa shape index (κ1) is 20.9. The second-order valence-electron chi connectivity index (χ2n) is 6.92. The Bertz CT molecular complexity index is 1260. The maximum atomic E-state index is 12.9. The van der Waals surface area contributed by atoms with E-state index >= 15 is 0 Å². The third kappa shape index (κ3) is 3.96. The Kier molecular flexibility index (Phi) is 6.01. The first-order valence-corrected chi connectivity index (χ1v) is 9.45. The highest BCUT2D eigenvalue weighted by atomic mass is 16.2. The second-order valence-corrected chi connectivity index (χ2v) is 6.92. The molecule has 0 fully saturated rings. The molecule has 0 aliphatic heterocycles. The van der Waals surface area contributed by atoms with E-state index in [0.29, 0.717) is 11.4 Å². The second kappa shape index (κ2) is 8.65. The van der Waals surface area contributed by atoms with Crippen LogP contribution < -0.4 is 21.5 Å². The Morgan fingerprint density at radius 2 is 1.80 bits per heavy atom. The van der Waals surface area contributed by atoms with Crippen LogP contribution in [0.15, 0.2) is 77.0 Å². The van der Waals surface area contributed by atoms with E-state index in [4.69, 9.17) is 0 Å². The fraction of sp³-hybridized carbons (Fsp3) is 0.174. The third-order valence-electron chi connectivity index (χ3n) is 4.99. The minimum atomic E-state index is -0.470. The molecule has 0 unspecified atom stereocenters. The average Bonchev–Trinajstić information content (AvgIpc) is 2.75. The van der Waals surface area contributed by atoms with Crippen LogP contribution in [0.2, 0.25) is 0 Å². The summed E-state index contributed by atoms with van der Waals surface area (Å²) in [6.07, 6.45) is 4.79. The van der Waals surface area contributed by atoms with Gasteiger partial charge in [-0.2, -0.15) is 0 Å². The molecule has 154 valence electrons. The molecule has 1 amide bonds. The fourth-order valence-corrected chi connectivity index (χ4v) is 3.31. The minimum Gasteiger partial charge on any atom is -0.333 e. The van der Waals surface area contributed by atoms with E-state index in [1.807, 2.05) is 42.5 Å². The summed E-state index contributed by atoms with van der Waals surface area (Å²) < 4.78 is 2.41. The van der Waals surface area contributed by atoms with Crippen molar-refractivity contribution in [2.45, 2.75) is 6.92 Å². The summed E-state index contributed by atoms with van der Waals surface area (Å²) in [5, 5.41) is 4.87. The number of benzene rings is 2. The molecule has 7 heteroatoms. The highest BCUT2D eigenvalue weighted by molar-refractivity contribution is 6.03. The topological polar surface area (TPSA) is 76.3 Å². The van der Waals surface area contributed by atoms with Crippen LogP contribution in [-0.2, 0) is 18.9 Å². The van der Waals surface area contributed by atoms with Crippen molar-refractivity contribution in [3.8, 4) is 0 Å². The van der Waals surface area contributed by atoms with Gasteiger partial charge in [-0.3, -0.25) is 18.7 Å². The van der Waals surface area contributed by atoms with E-state index in [2.05, 4.69) is 11.9 Å². The molecule has 0 bridgehead atoms. The van der Waals surface area contributed by atoms with Gasteiger partial charge in [0.1, 0.15) is 12.2 Å². The molecule has 1 aromatic heterocycles. The summed E-state index contributed by atoms with van der Waals surface area (Å²) in [5.41, 5.74) is 0.521. The molecule has 7 nitrogen and oxygen atoms in total. The highest BCUT2D eigenvalue weighted by Crippen LogP contribution is 2.23. The highest BCUT2D eigenvalue weighted by Gasteiger charge is 2.19. The van der Waals surface area contributed by atoms with Gasteiger partial charge in [0.15, 0.2) is 0 Å². The van der Waals surface area contributed by atoms with Crippen LogP contribution >= 0.6 is 0 Å². The number of nitrogens with one attached hydrogen (secondary N) is 1. The molecule has 0 atom stereocenters. The number of fused-ring (bicyclic) bond motifs is 1. The number of hydrogen-bond donors (Lipinski definition) is 1. The van der Waals surface area contributed by atoms with Gasteiger partial charge >= 0.3 is 5.69 Å². The summed E-state index contributed by atoms with van der Waals surface area (Å²) in [6.45, 7) is 5.22. The van der Waals surface area contributed by atoms with E-state index in [-0.39, 0.29) is 18.1 Å². The van der Waals surface area contributed by atoms with Gasteiger partial charge in [0, 0.05) is 37.1 Å². The smallest absolute Gasteiger partial charge is 0.330 e. The van der Waals surface area contributed by atoms with Crippen molar-refractivity contribution in [3.63, 3.8) is 0 Å². The molecule has 30 heavy (non-hydrogen) atoms. The summed E-state index contributed by atoms with van der Waals surface area (Å²) in [5.74, 6) is -0.296. The maximum absolute atomic E-state index is 12.9. The SMILES string of the molecule is C=C/C=C/N(CC(=O)Nc1cccc2ccccc12)c1c(C)n(C)c(=O)n(C)c1=O. The van der Waals surface area contributed by atoms with Crippen LogP contribution in [0, 0.1) is 6.92 Å². The normalized spacial score (nSPS) is 11.0. The fourth-order valence-electron chi connectivity index (χ4n) is 3.31. The Balaban J connectivity index is 1.98. The lowest BCUT2D eigenvalue weighted by atomic mass is 10.1. The first-order valence-electron chi connectivity index (χ1n) is 9.45. The first-order chi connectivity index (χ1) is 14.3. The van der Waals surface area contributed by atoms with Crippen LogP contribution in [0.4, 0.5) is 11.4 Å². The van der Waals surface area contributed by atoms with E-state index in [9.17, 15) is 14.4 Å². The molecule has 2 aromatic carbocycles. The Morgan fingerprint density at radius 3 is 2.53 bits per heavy atom. The van der Waals surface area contributed by atoms with Crippen molar-refractivity contribution in [1.29, 1.82) is 0 Å². The molecular formula is C23H24N4O3. The molecule has 0 spiro atoms. The zero-order valence-electron chi connectivity index (χ0n) is 17.3. The monoisotopic (exact) mass is 404 g/mol. The Hall–Kier alpha value is -3.87. The van der Waals surface area contributed by atoms with E-state index in [1.54, 1.807) is 32.3 Å². The lowest BCUT2D eigenvalue weighted by Gasteiger charge is -2.23. The molecular weight excluding hydrogens is 380 g/mol. The van der Waals surface area contributed by atoms with Crippen molar-refractivity contribution < 1.29 is 4.79 Å². The maximum Gasteiger partial charge on any atom is 0.330 e. The number of rotatable bonds is 6. The predicted octanol–water partition coefficient (Wildman–Crippen LogP) is 2.69. The third-order valence-corrected chi connectivity index (χ3v) is 4.99.